The highest BCUT2D eigenvalue weighted by Crippen LogP contribution is 2.34. The monoisotopic (exact) mass is 250 g/mol. The Bertz CT molecular complexity index is 413. The number of aryl methyl sites for hydroxylation is 1. The maximum Gasteiger partial charge on any atom is 0.271 e. The summed E-state index contributed by atoms with van der Waals surface area (Å²) >= 11 is 0. The van der Waals surface area contributed by atoms with Gasteiger partial charge < -0.3 is 11.1 Å². The zero-order chi connectivity index (χ0) is 13.2. The Morgan fingerprint density at radius 2 is 2.17 bits per heavy atom. The van der Waals surface area contributed by atoms with Crippen LogP contribution in [0.1, 0.15) is 49.5 Å². The Balaban J connectivity index is 1.96. The average molecular weight is 250 g/mol. The predicted molar refractivity (Wildman–Crippen MR) is 71.1 cm³/mol. The van der Waals surface area contributed by atoms with Crippen LogP contribution >= 0.6 is 0 Å². The van der Waals surface area contributed by atoms with Crippen molar-refractivity contribution in [3.8, 4) is 0 Å². The maximum absolute atomic E-state index is 12.1. The molecule has 1 aromatic rings. The van der Waals surface area contributed by atoms with Gasteiger partial charge in [0.25, 0.3) is 5.91 Å². The standard InChI is InChI=1S/C13H22N4O/c1-13(6-4-3-5-7-13)9-15-12(18)11-10(14)8-16-17(11)2/h8H,3-7,9,14H2,1-2H3,(H,15,18). The van der Waals surface area contributed by atoms with Crippen LogP contribution in [0.15, 0.2) is 6.20 Å². The van der Waals surface area contributed by atoms with E-state index < -0.39 is 0 Å². The van der Waals surface area contributed by atoms with Gasteiger partial charge in [-0.3, -0.25) is 9.48 Å². The number of rotatable bonds is 3. The Labute approximate surface area is 108 Å². The quantitative estimate of drug-likeness (QED) is 0.857. The van der Waals surface area contributed by atoms with Gasteiger partial charge >= 0.3 is 0 Å². The van der Waals surface area contributed by atoms with E-state index >= 15 is 0 Å². The fourth-order valence-corrected chi connectivity index (χ4v) is 2.69. The highest BCUT2D eigenvalue weighted by molar-refractivity contribution is 5.97. The number of aromatic nitrogens is 2. The van der Waals surface area contributed by atoms with Gasteiger partial charge in [0, 0.05) is 13.6 Å². The number of amides is 1. The minimum atomic E-state index is -0.126. The molecule has 1 saturated carbocycles. The van der Waals surface area contributed by atoms with Gasteiger partial charge in [-0.15, -0.1) is 0 Å². The lowest BCUT2D eigenvalue weighted by Gasteiger charge is -2.33. The molecule has 5 nitrogen and oxygen atoms in total. The second-order valence-corrected chi connectivity index (χ2v) is 5.63. The Morgan fingerprint density at radius 3 is 2.72 bits per heavy atom. The lowest BCUT2D eigenvalue weighted by Crippen LogP contribution is -2.37. The van der Waals surface area contributed by atoms with Gasteiger partial charge in [0.05, 0.1) is 11.9 Å². The summed E-state index contributed by atoms with van der Waals surface area (Å²) < 4.78 is 1.52. The molecule has 1 aromatic heterocycles. The lowest BCUT2D eigenvalue weighted by molar-refractivity contribution is 0.0910. The van der Waals surface area contributed by atoms with E-state index in [-0.39, 0.29) is 11.3 Å². The van der Waals surface area contributed by atoms with Crippen LogP contribution in [0.3, 0.4) is 0 Å². The molecule has 1 aliphatic rings. The molecule has 1 amide bonds. The smallest absolute Gasteiger partial charge is 0.271 e. The van der Waals surface area contributed by atoms with E-state index in [2.05, 4.69) is 17.3 Å². The van der Waals surface area contributed by atoms with Crippen LogP contribution in [0.25, 0.3) is 0 Å². The summed E-state index contributed by atoms with van der Waals surface area (Å²) in [6.45, 7) is 2.97. The van der Waals surface area contributed by atoms with Crippen molar-refractivity contribution in [1.82, 2.24) is 15.1 Å². The minimum absolute atomic E-state index is 0.126. The molecule has 0 spiro atoms. The Hall–Kier alpha value is -1.52. The van der Waals surface area contributed by atoms with Crippen LogP contribution in [-0.4, -0.2) is 22.2 Å². The molecule has 0 atom stereocenters. The van der Waals surface area contributed by atoms with Crippen LogP contribution in [0.4, 0.5) is 5.69 Å². The van der Waals surface area contributed by atoms with Gasteiger partial charge in [0.15, 0.2) is 0 Å². The molecule has 5 heteroatoms. The van der Waals surface area contributed by atoms with Crippen molar-refractivity contribution in [2.45, 2.75) is 39.0 Å². The van der Waals surface area contributed by atoms with Crippen LogP contribution in [0.2, 0.25) is 0 Å². The highest BCUT2D eigenvalue weighted by Gasteiger charge is 2.27. The second kappa shape index (κ2) is 5.00. The number of carbonyl (C=O) groups excluding carboxylic acids is 1. The average Bonchev–Trinajstić information content (AvgIpc) is 2.67. The first-order valence-corrected chi connectivity index (χ1v) is 6.57. The molecule has 0 aromatic carbocycles. The first-order valence-electron chi connectivity index (χ1n) is 6.57. The molecule has 1 heterocycles. The molecule has 0 aliphatic heterocycles. The first-order chi connectivity index (χ1) is 8.52. The van der Waals surface area contributed by atoms with E-state index in [0.29, 0.717) is 11.4 Å². The number of hydrogen-bond acceptors (Lipinski definition) is 3. The SMILES string of the molecule is Cn1ncc(N)c1C(=O)NCC1(C)CCCCC1. The summed E-state index contributed by atoms with van der Waals surface area (Å²) in [5.41, 5.74) is 6.86. The lowest BCUT2D eigenvalue weighted by atomic mass is 9.76. The van der Waals surface area contributed by atoms with Crippen LogP contribution in [0, 0.1) is 5.41 Å². The highest BCUT2D eigenvalue weighted by atomic mass is 16.2. The van der Waals surface area contributed by atoms with E-state index in [1.165, 1.54) is 43.0 Å². The van der Waals surface area contributed by atoms with Gasteiger partial charge in [0.1, 0.15) is 5.69 Å². The predicted octanol–water partition coefficient (Wildman–Crippen LogP) is 1.70. The van der Waals surface area contributed by atoms with E-state index in [0.717, 1.165) is 6.54 Å². The summed E-state index contributed by atoms with van der Waals surface area (Å²) in [4.78, 5) is 12.1. The van der Waals surface area contributed by atoms with Crippen molar-refractivity contribution in [1.29, 1.82) is 0 Å². The molecule has 18 heavy (non-hydrogen) atoms. The fourth-order valence-electron chi connectivity index (χ4n) is 2.69. The summed E-state index contributed by atoms with van der Waals surface area (Å²) in [5, 5.41) is 6.98. The summed E-state index contributed by atoms with van der Waals surface area (Å²) in [6.07, 6.45) is 7.73. The molecule has 0 radical (unpaired) electrons. The number of anilines is 1. The largest absolute Gasteiger partial charge is 0.396 e. The van der Waals surface area contributed by atoms with Crippen molar-refractivity contribution < 1.29 is 4.79 Å². The van der Waals surface area contributed by atoms with E-state index in [9.17, 15) is 4.79 Å². The van der Waals surface area contributed by atoms with Crippen molar-refractivity contribution in [2.75, 3.05) is 12.3 Å². The Kier molecular flexibility index (Phi) is 3.59. The van der Waals surface area contributed by atoms with Crippen LogP contribution in [-0.2, 0) is 7.05 Å². The van der Waals surface area contributed by atoms with E-state index in [1.807, 2.05) is 0 Å². The zero-order valence-electron chi connectivity index (χ0n) is 11.2. The Morgan fingerprint density at radius 1 is 1.50 bits per heavy atom. The minimum Gasteiger partial charge on any atom is -0.396 e. The molecule has 0 saturated heterocycles. The maximum atomic E-state index is 12.1. The third-order valence-corrected chi connectivity index (χ3v) is 3.92. The fraction of sp³-hybridized carbons (Fsp3) is 0.692. The number of nitrogen functional groups attached to an aromatic ring is 1. The number of hydrogen-bond donors (Lipinski definition) is 2. The van der Waals surface area contributed by atoms with Gasteiger partial charge in [0.2, 0.25) is 0 Å². The summed E-state index contributed by atoms with van der Waals surface area (Å²) in [5.74, 6) is -0.126. The molecule has 0 bridgehead atoms. The number of nitrogens with one attached hydrogen (secondary N) is 1. The topological polar surface area (TPSA) is 72.9 Å². The molecule has 100 valence electrons. The van der Waals surface area contributed by atoms with Crippen LogP contribution in [0.5, 0.6) is 0 Å². The number of carbonyl (C=O) groups is 1. The van der Waals surface area contributed by atoms with Gasteiger partial charge in [-0.1, -0.05) is 26.2 Å². The number of nitrogens with zero attached hydrogens (tertiary/aromatic N) is 2. The van der Waals surface area contributed by atoms with Gasteiger partial charge in [-0.2, -0.15) is 5.10 Å². The van der Waals surface area contributed by atoms with Crippen molar-refractivity contribution in [3.05, 3.63) is 11.9 Å². The molecule has 3 N–H and O–H groups in total. The molecule has 1 aliphatic carbocycles. The van der Waals surface area contributed by atoms with Crippen LogP contribution < -0.4 is 11.1 Å². The number of nitrogens with two attached hydrogens (primary N) is 1. The van der Waals surface area contributed by atoms with E-state index in [1.54, 1.807) is 7.05 Å². The normalized spacial score (nSPS) is 18.6. The van der Waals surface area contributed by atoms with Gasteiger partial charge in [-0.25, -0.2) is 0 Å². The molecular weight excluding hydrogens is 228 g/mol. The molecular formula is C13H22N4O. The molecule has 1 fully saturated rings. The summed E-state index contributed by atoms with van der Waals surface area (Å²) in [7, 11) is 1.73. The third-order valence-electron chi connectivity index (χ3n) is 3.92. The first kappa shape index (κ1) is 12.9. The van der Waals surface area contributed by atoms with Crippen molar-refractivity contribution in [2.24, 2.45) is 12.5 Å². The molecule has 0 unspecified atom stereocenters. The van der Waals surface area contributed by atoms with Crippen molar-refractivity contribution in [3.63, 3.8) is 0 Å². The molecule has 2 rings (SSSR count). The summed E-state index contributed by atoms with van der Waals surface area (Å²) in [6, 6.07) is 0. The zero-order valence-corrected chi connectivity index (χ0v) is 11.2. The third kappa shape index (κ3) is 2.66. The van der Waals surface area contributed by atoms with Gasteiger partial charge in [-0.05, 0) is 18.3 Å². The van der Waals surface area contributed by atoms with Crippen molar-refractivity contribution >= 4 is 11.6 Å². The van der Waals surface area contributed by atoms with E-state index in [4.69, 9.17) is 5.73 Å². The second-order valence-electron chi connectivity index (χ2n) is 5.63.